The number of fused-ring (bicyclic) bond motifs is 1. The monoisotopic (exact) mass is 270 g/mol. The van der Waals surface area contributed by atoms with E-state index in [1.807, 2.05) is 24.3 Å². The van der Waals surface area contributed by atoms with Crippen LogP contribution in [0.3, 0.4) is 0 Å². The highest BCUT2D eigenvalue weighted by atomic mass is 16.1. The van der Waals surface area contributed by atoms with Crippen LogP contribution in [0.4, 0.5) is 5.69 Å². The number of hydrogen-bond acceptors (Lipinski definition) is 5. The number of anilines is 1. The van der Waals surface area contributed by atoms with Crippen molar-refractivity contribution in [1.82, 2.24) is 9.13 Å². The smallest absolute Gasteiger partial charge is 0.306 e. The van der Waals surface area contributed by atoms with E-state index in [4.69, 9.17) is 10.7 Å². The van der Waals surface area contributed by atoms with Crippen molar-refractivity contribution in [1.29, 1.82) is 10.7 Å². The van der Waals surface area contributed by atoms with Gasteiger partial charge in [-0.05, 0) is 18.2 Å². The van der Waals surface area contributed by atoms with Gasteiger partial charge in [-0.15, -0.1) is 0 Å². The van der Waals surface area contributed by atoms with Crippen molar-refractivity contribution in [3.63, 3.8) is 0 Å². The third kappa shape index (κ3) is 2.07. The van der Waals surface area contributed by atoms with Gasteiger partial charge in [0.15, 0.2) is 5.71 Å². The minimum absolute atomic E-state index is 0.00884. The first-order valence-electron chi connectivity index (χ1n) is 5.88. The number of aryl methyl sites for hydroxylation is 2. The number of hydrogen-bond donors (Lipinski definition) is 1. The minimum atomic E-state index is -0.0968. The third-order valence-electron chi connectivity index (χ3n) is 3.14. The predicted molar refractivity (Wildman–Crippen MR) is 78.4 cm³/mol. The van der Waals surface area contributed by atoms with E-state index >= 15 is 0 Å². The Kier molecular flexibility index (Phi) is 3.39. The number of nitrogens with zero attached hydrogens (tertiary/aromatic N) is 5. The molecule has 102 valence electrons. The van der Waals surface area contributed by atoms with Gasteiger partial charge in [-0.1, -0.05) is 0 Å². The fourth-order valence-corrected chi connectivity index (χ4v) is 2.00. The highest BCUT2D eigenvalue weighted by Crippen LogP contribution is 2.20. The normalized spacial score (nSPS) is 11.4. The summed E-state index contributed by atoms with van der Waals surface area (Å²) < 4.78 is 3.12. The van der Waals surface area contributed by atoms with Crippen LogP contribution < -0.4 is 10.7 Å². The zero-order valence-electron chi connectivity index (χ0n) is 11.5. The second-order valence-electron chi connectivity index (χ2n) is 4.34. The Morgan fingerprint density at radius 1 is 1.40 bits per heavy atom. The van der Waals surface area contributed by atoms with E-state index in [1.54, 1.807) is 30.3 Å². The highest BCUT2D eigenvalue weighted by molar-refractivity contribution is 6.37. The second kappa shape index (κ2) is 5.01. The first-order valence-corrected chi connectivity index (χ1v) is 5.88. The van der Waals surface area contributed by atoms with Crippen molar-refractivity contribution in [3.05, 3.63) is 28.7 Å². The Bertz CT molecular complexity index is 805. The van der Waals surface area contributed by atoms with Gasteiger partial charge in [0.05, 0.1) is 22.9 Å². The van der Waals surface area contributed by atoms with E-state index in [9.17, 15) is 4.79 Å². The van der Waals surface area contributed by atoms with Crippen LogP contribution >= 0.6 is 0 Å². The van der Waals surface area contributed by atoms with Crippen LogP contribution in [0.15, 0.2) is 28.1 Å². The average molecular weight is 270 g/mol. The summed E-state index contributed by atoms with van der Waals surface area (Å²) in [5, 5.41) is 21.3. The molecule has 0 saturated heterocycles. The van der Waals surface area contributed by atoms with Crippen molar-refractivity contribution >= 4 is 28.6 Å². The molecule has 20 heavy (non-hydrogen) atoms. The maximum Gasteiger partial charge on any atom is 0.328 e. The molecule has 0 aliphatic carbocycles. The molecule has 2 rings (SSSR count). The van der Waals surface area contributed by atoms with Gasteiger partial charge in [-0.25, -0.2) is 4.79 Å². The molecule has 1 N–H and O–H groups in total. The lowest BCUT2D eigenvalue weighted by molar-refractivity contribution is 0.795. The summed E-state index contributed by atoms with van der Waals surface area (Å²) in [6.45, 7) is 0. The van der Waals surface area contributed by atoms with Gasteiger partial charge in [0, 0.05) is 21.1 Å². The molecule has 1 aromatic carbocycles. The summed E-state index contributed by atoms with van der Waals surface area (Å²) in [6, 6.07) is 7.28. The van der Waals surface area contributed by atoms with Crippen molar-refractivity contribution in [2.75, 3.05) is 12.1 Å². The van der Waals surface area contributed by atoms with Gasteiger partial charge in [-0.2, -0.15) is 10.4 Å². The van der Waals surface area contributed by atoms with E-state index in [2.05, 4.69) is 5.10 Å². The molecule has 7 heteroatoms. The largest absolute Gasteiger partial charge is 0.328 e. The van der Waals surface area contributed by atoms with Crippen LogP contribution in [0.2, 0.25) is 0 Å². The fourth-order valence-electron chi connectivity index (χ4n) is 2.00. The molecule has 0 aliphatic rings. The van der Waals surface area contributed by atoms with Gasteiger partial charge in [-0.3, -0.25) is 14.1 Å². The van der Waals surface area contributed by atoms with Gasteiger partial charge in [0.25, 0.3) is 0 Å². The molecule has 0 bridgehead atoms. The average Bonchev–Trinajstić information content (AvgIpc) is 2.69. The Labute approximate surface area is 115 Å². The zero-order chi connectivity index (χ0) is 14.9. The number of hydrazone groups is 1. The first kappa shape index (κ1) is 13.5. The standard InChI is InChI=1S/C13H14N6O/c1-17-11-5-4-10(6-12(11)18(2)13(17)20)19(3)16-9(7-14)8-15/h4-7,14H,1-3H3/b14-7?,16-9-. The molecule has 0 fully saturated rings. The Balaban J connectivity index is 2.55. The van der Waals surface area contributed by atoms with Crippen molar-refractivity contribution in [2.45, 2.75) is 0 Å². The van der Waals surface area contributed by atoms with Crippen molar-refractivity contribution < 1.29 is 0 Å². The Morgan fingerprint density at radius 2 is 2.05 bits per heavy atom. The van der Waals surface area contributed by atoms with E-state index < -0.39 is 0 Å². The zero-order valence-corrected chi connectivity index (χ0v) is 11.5. The fraction of sp³-hybridized carbons (Fsp3) is 0.231. The molecule has 0 radical (unpaired) electrons. The van der Waals surface area contributed by atoms with Gasteiger partial charge in [0.2, 0.25) is 0 Å². The van der Waals surface area contributed by atoms with Crippen LogP contribution in [-0.4, -0.2) is 28.1 Å². The second-order valence-corrected chi connectivity index (χ2v) is 4.34. The molecular formula is C13H14N6O. The number of aromatic nitrogens is 2. The SMILES string of the molecule is CN(/N=C(\C#N)C=N)c1ccc2c(c1)n(C)c(=O)n2C. The lowest BCUT2D eigenvalue weighted by Gasteiger charge is -2.13. The van der Waals surface area contributed by atoms with Crippen LogP contribution in [0.5, 0.6) is 0 Å². The Hall–Kier alpha value is -2.88. The highest BCUT2D eigenvalue weighted by Gasteiger charge is 2.09. The molecule has 1 aromatic heterocycles. The molecule has 0 spiro atoms. The summed E-state index contributed by atoms with van der Waals surface area (Å²) >= 11 is 0. The maximum absolute atomic E-state index is 11.9. The summed E-state index contributed by atoms with van der Waals surface area (Å²) in [6.07, 6.45) is 0.896. The molecule has 0 amide bonds. The molecule has 0 atom stereocenters. The van der Waals surface area contributed by atoms with Gasteiger partial charge < -0.3 is 5.41 Å². The summed E-state index contributed by atoms with van der Waals surface area (Å²) in [4.78, 5) is 11.9. The lowest BCUT2D eigenvalue weighted by Crippen LogP contribution is -2.19. The number of nitriles is 1. The Morgan fingerprint density at radius 3 is 2.65 bits per heavy atom. The topological polar surface area (TPSA) is 90.2 Å². The molecule has 0 unspecified atom stereocenters. The molecule has 0 aliphatic heterocycles. The predicted octanol–water partition coefficient (Wildman–Crippen LogP) is 0.842. The van der Waals surface area contributed by atoms with Crippen molar-refractivity contribution in [3.8, 4) is 6.07 Å². The minimum Gasteiger partial charge on any atom is -0.306 e. The molecule has 1 heterocycles. The van der Waals surface area contributed by atoms with Crippen LogP contribution in [0.1, 0.15) is 0 Å². The summed E-state index contributed by atoms with van der Waals surface area (Å²) in [7, 11) is 5.11. The van der Waals surface area contributed by atoms with E-state index in [-0.39, 0.29) is 11.4 Å². The van der Waals surface area contributed by atoms with E-state index in [0.29, 0.717) is 0 Å². The molecular weight excluding hydrogens is 256 g/mol. The lowest BCUT2D eigenvalue weighted by atomic mass is 10.2. The number of benzene rings is 1. The van der Waals surface area contributed by atoms with Crippen LogP contribution in [0.25, 0.3) is 11.0 Å². The van der Waals surface area contributed by atoms with E-state index in [1.165, 1.54) is 5.01 Å². The van der Waals surface area contributed by atoms with Gasteiger partial charge in [0.1, 0.15) is 6.07 Å². The third-order valence-corrected chi connectivity index (χ3v) is 3.14. The van der Waals surface area contributed by atoms with Crippen molar-refractivity contribution in [2.24, 2.45) is 19.2 Å². The summed E-state index contributed by atoms with van der Waals surface area (Å²) in [5.41, 5.74) is 2.25. The molecule has 0 saturated carbocycles. The first-order chi connectivity index (χ1) is 9.49. The maximum atomic E-state index is 11.9. The quantitative estimate of drug-likeness (QED) is 0.662. The van der Waals surface area contributed by atoms with E-state index in [0.717, 1.165) is 22.9 Å². The van der Waals surface area contributed by atoms with Crippen LogP contribution in [-0.2, 0) is 14.1 Å². The number of nitrogens with one attached hydrogen (secondary N) is 1. The van der Waals surface area contributed by atoms with Gasteiger partial charge >= 0.3 is 5.69 Å². The van der Waals surface area contributed by atoms with Crippen LogP contribution in [0, 0.1) is 16.7 Å². The summed E-state index contributed by atoms with van der Waals surface area (Å²) in [5.74, 6) is 0. The number of imidazole rings is 1. The number of rotatable bonds is 3. The molecule has 2 aromatic rings. The molecule has 7 nitrogen and oxygen atoms in total.